The lowest BCUT2D eigenvalue weighted by molar-refractivity contribution is -0.119. The minimum atomic E-state index is -0.0225. The number of rotatable bonds is 6. The van der Waals surface area contributed by atoms with Gasteiger partial charge in [-0.1, -0.05) is 30.3 Å². The van der Waals surface area contributed by atoms with Crippen LogP contribution < -0.4 is 5.32 Å². The molecule has 3 aromatic rings. The fraction of sp³-hybridized carbons (Fsp3) is 0.158. The third kappa shape index (κ3) is 4.26. The lowest BCUT2D eigenvalue weighted by Crippen LogP contribution is -2.28. The molecule has 0 bridgehead atoms. The van der Waals surface area contributed by atoms with Gasteiger partial charge in [-0.3, -0.25) is 4.79 Å². The second-order valence-corrected chi connectivity index (χ2v) is 6.50. The number of nitrogens with one attached hydrogen (secondary N) is 1. The molecule has 0 saturated heterocycles. The third-order valence-corrected chi connectivity index (χ3v) is 4.70. The van der Waals surface area contributed by atoms with E-state index in [9.17, 15) is 4.79 Å². The number of thioether (sulfide) groups is 1. The molecular formula is C19H19N3OS. The Morgan fingerprint density at radius 3 is 2.58 bits per heavy atom. The van der Waals surface area contributed by atoms with E-state index in [2.05, 4.69) is 10.3 Å². The minimum absolute atomic E-state index is 0.0225. The highest BCUT2D eigenvalue weighted by Crippen LogP contribution is 2.18. The number of carbonyl (C=O) groups excluding carboxylic acids is 1. The predicted octanol–water partition coefficient (Wildman–Crippen LogP) is 3.84. The Balaban J connectivity index is 1.54. The summed E-state index contributed by atoms with van der Waals surface area (Å²) in [7, 11) is 0. The van der Waals surface area contributed by atoms with Crippen molar-refractivity contribution in [3.05, 3.63) is 78.9 Å². The number of hydrogen-bond donors (Lipinski definition) is 1. The van der Waals surface area contributed by atoms with E-state index in [-0.39, 0.29) is 11.9 Å². The van der Waals surface area contributed by atoms with E-state index in [1.807, 2.05) is 72.3 Å². The number of carbonyl (C=O) groups is 1. The molecule has 1 aromatic heterocycles. The van der Waals surface area contributed by atoms with Crippen LogP contribution in [0.25, 0.3) is 5.69 Å². The smallest absolute Gasteiger partial charge is 0.230 e. The van der Waals surface area contributed by atoms with Crippen molar-refractivity contribution in [2.24, 2.45) is 0 Å². The summed E-state index contributed by atoms with van der Waals surface area (Å²) >= 11 is 1.54. The average Bonchev–Trinajstić information content (AvgIpc) is 3.16. The zero-order valence-electron chi connectivity index (χ0n) is 13.4. The largest absolute Gasteiger partial charge is 0.349 e. The third-order valence-electron chi connectivity index (χ3n) is 3.69. The lowest BCUT2D eigenvalue weighted by Gasteiger charge is -2.15. The normalized spacial score (nSPS) is 11.9. The molecule has 1 heterocycles. The molecule has 3 rings (SSSR count). The Morgan fingerprint density at radius 2 is 1.92 bits per heavy atom. The van der Waals surface area contributed by atoms with Gasteiger partial charge in [0.2, 0.25) is 5.91 Å². The van der Waals surface area contributed by atoms with Gasteiger partial charge in [0, 0.05) is 23.0 Å². The monoisotopic (exact) mass is 337 g/mol. The number of aromatic nitrogens is 2. The Morgan fingerprint density at radius 1 is 1.17 bits per heavy atom. The molecule has 1 amide bonds. The SMILES string of the molecule is CC(NC(=O)CSc1ccccc1)c1ccc(-n2ccnc2)cc1. The predicted molar refractivity (Wildman–Crippen MR) is 97.3 cm³/mol. The van der Waals surface area contributed by atoms with Gasteiger partial charge in [-0.05, 0) is 36.8 Å². The molecular weight excluding hydrogens is 318 g/mol. The highest BCUT2D eigenvalue weighted by atomic mass is 32.2. The average molecular weight is 337 g/mol. The standard InChI is InChI=1S/C19H19N3OS/c1-15(21-19(23)13-24-18-5-3-2-4-6-18)16-7-9-17(10-8-16)22-12-11-20-14-22/h2-12,14-15H,13H2,1H3,(H,21,23). The molecule has 4 nitrogen and oxygen atoms in total. The minimum Gasteiger partial charge on any atom is -0.349 e. The zero-order valence-corrected chi connectivity index (χ0v) is 14.2. The van der Waals surface area contributed by atoms with Gasteiger partial charge in [0.25, 0.3) is 0 Å². The van der Waals surface area contributed by atoms with Gasteiger partial charge in [0.1, 0.15) is 0 Å². The van der Waals surface area contributed by atoms with Gasteiger partial charge in [-0.2, -0.15) is 0 Å². The van der Waals surface area contributed by atoms with Crippen molar-refractivity contribution in [1.82, 2.24) is 14.9 Å². The van der Waals surface area contributed by atoms with Crippen LogP contribution in [0.5, 0.6) is 0 Å². The highest BCUT2D eigenvalue weighted by molar-refractivity contribution is 8.00. The number of imidazole rings is 1. The first-order valence-electron chi connectivity index (χ1n) is 7.78. The van der Waals surface area contributed by atoms with Crippen molar-refractivity contribution in [3.63, 3.8) is 0 Å². The number of benzene rings is 2. The maximum Gasteiger partial charge on any atom is 0.230 e. The van der Waals surface area contributed by atoms with Gasteiger partial charge in [0.15, 0.2) is 0 Å². The second-order valence-electron chi connectivity index (χ2n) is 5.45. The summed E-state index contributed by atoms with van der Waals surface area (Å²) in [5, 5.41) is 3.04. The molecule has 0 radical (unpaired) electrons. The summed E-state index contributed by atoms with van der Waals surface area (Å²) in [6, 6.07) is 18.0. The van der Waals surface area contributed by atoms with Crippen LogP contribution in [0.3, 0.4) is 0 Å². The van der Waals surface area contributed by atoms with Crippen LogP contribution in [0.4, 0.5) is 0 Å². The molecule has 1 N–H and O–H groups in total. The Hall–Kier alpha value is -2.53. The first-order valence-corrected chi connectivity index (χ1v) is 8.76. The first-order chi connectivity index (χ1) is 11.7. The molecule has 122 valence electrons. The fourth-order valence-electron chi connectivity index (χ4n) is 2.38. The summed E-state index contributed by atoms with van der Waals surface area (Å²) < 4.78 is 1.95. The van der Waals surface area contributed by atoms with E-state index in [1.165, 1.54) is 0 Å². The first kappa shape index (κ1) is 16.3. The summed E-state index contributed by atoms with van der Waals surface area (Å²) in [5.41, 5.74) is 2.13. The van der Waals surface area contributed by atoms with Crippen LogP contribution in [0, 0.1) is 0 Å². The molecule has 2 aromatic carbocycles. The van der Waals surface area contributed by atoms with E-state index >= 15 is 0 Å². The lowest BCUT2D eigenvalue weighted by atomic mass is 10.1. The van der Waals surface area contributed by atoms with Gasteiger partial charge < -0.3 is 9.88 Å². The quantitative estimate of drug-likeness (QED) is 0.695. The van der Waals surface area contributed by atoms with E-state index in [0.717, 1.165) is 16.1 Å². The second kappa shape index (κ2) is 7.84. The summed E-state index contributed by atoms with van der Waals surface area (Å²) in [6.45, 7) is 2.00. The van der Waals surface area contributed by atoms with Crippen molar-refractivity contribution in [2.45, 2.75) is 17.9 Å². The molecule has 1 unspecified atom stereocenters. The number of hydrogen-bond acceptors (Lipinski definition) is 3. The topological polar surface area (TPSA) is 46.9 Å². The van der Waals surface area contributed by atoms with Gasteiger partial charge in [-0.25, -0.2) is 4.98 Å². The number of amides is 1. The van der Waals surface area contributed by atoms with Gasteiger partial charge >= 0.3 is 0 Å². The summed E-state index contributed by atoms with van der Waals surface area (Å²) in [4.78, 5) is 17.3. The van der Waals surface area contributed by atoms with E-state index in [4.69, 9.17) is 0 Å². The van der Waals surface area contributed by atoms with Crippen LogP contribution >= 0.6 is 11.8 Å². The Labute approximate surface area is 145 Å². The van der Waals surface area contributed by atoms with Crippen molar-refractivity contribution in [3.8, 4) is 5.69 Å². The Kier molecular flexibility index (Phi) is 5.33. The molecule has 0 saturated carbocycles. The van der Waals surface area contributed by atoms with Crippen molar-refractivity contribution < 1.29 is 4.79 Å². The molecule has 24 heavy (non-hydrogen) atoms. The Bertz CT molecular complexity index is 770. The van der Waals surface area contributed by atoms with Gasteiger partial charge in [0.05, 0.1) is 18.1 Å². The van der Waals surface area contributed by atoms with Crippen LogP contribution in [0.2, 0.25) is 0 Å². The maximum atomic E-state index is 12.1. The fourth-order valence-corrected chi connectivity index (χ4v) is 3.11. The van der Waals surface area contributed by atoms with Crippen LogP contribution in [0.1, 0.15) is 18.5 Å². The summed E-state index contributed by atoms with van der Waals surface area (Å²) in [6.07, 6.45) is 5.42. The molecule has 5 heteroatoms. The van der Waals surface area contributed by atoms with E-state index < -0.39 is 0 Å². The van der Waals surface area contributed by atoms with E-state index in [1.54, 1.807) is 24.3 Å². The maximum absolute atomic E-state index is 12.1. The van der Waals surface area contributed by atoms with Crippen molar-refractivity contribution in [2.75, 3.05) is 5.75 Å². The highest BCUT2D eigenvalue weighted by Gasteiger charge is 2.10. The molecule has 0 aliphatic carbocycles. The molecule has 0 aliphatic heterocycles. The van der Waals surface area contributed by atoms with E-state index in [0.29, 0.717) is 5.75 Å². The van der Waals surface area contributed by atoms with Crippen LogP contribution in [-0.4, -0.2) is 21.2 Å². The molecule has 0 aliphatic rings. The summed E-state index contributed by atoms with van der Waals surface area (Å²) in [5.74, 6) is 0.455. The van der Waals surface area contributed by atoms with Crippen molar-refractivity contribution >= 4 is 17.7 Å². The van der Waals surface area contributed by atoms with Gasteiger partial charge in [-0.15, -0.1) is 11.8 Å². The zero-order chi connectivity index (χ0) is 16.8. The van der Waals surface area contributed by atoms with Crippen LogP contribution in [-0.2, 0) is 4.79 Å². The molecule has 0 fully saturated rings. The van der Waals surface area contributed by atoms with Crippen molar-refractivity contribution in [1.29, 1.82) is 0 Å². The molecule has 0 spiro atoms. The number of nitrogens with zero attached hydrogens (tertiary/aromatic N) is 2. The van der Waals surface area contributed by atoms with Crippen LogP contribution in [0.15, 0.2) is 78.2 Å². The molecule has 1 atom stereocenters.